The van der Waals surface area contributed by atoms with Crippen molar-refractivity contribution in [3.05, 3.63) is 88.9 Å². The Labute approximate surface area is 170 Å². The summed E-state index contributed by atoms with van der Waals surface area (Å²) in [6.07, 6.45) is 0. The molecule has 0 saturated carbocycles. The standard InChI is InChI=1S/C22H18ClNO3S/c1-17-11-13-20(14-12-17)28(25,26)24-21-9-2-3-10-22(21)27-15-5-7-18-6-4-8-19(23)16-18/h2-4,6,8-14,16,24H,15H2,1H3. The fraction of sp³-hybridized carbons (Fsp3) is 0.0909. The number of nitrogens with one attached hydrogen (secondary N) is 1. The summed E-state index contributed by atoms with van der Waals surface area (Å²) in [6, 6.07) is 20.7. The van der Waals surface area contributed by atoms with Crippen LogP contribution in [0.4, 0.5) is 5.69 Å². The monoisotopic (exact) mass is 411 g/mol. The normalized spacial score (nSPS) is 10.6. The van der Waals surface area contributed by atoms with Gasteiger partial charge in [0, 0.05) is 10.6 Å². The molecule has 142 valence electrons. The van der Waals surface area contributed by atoms with Crippen LogP contribution in [0.15, 0.2) is 77.7 Å². The molecule has 28 heavy (non-hydrogen) atoms. The minimum absolute atomic E-state index is 0.107. The van der Waals surface area contributed by atoms with E-state index in [-0.39, 0.29) is 11.5 Å². The van der Waals surface area contributed by atoms with Gasteiger partial charge in [0.05, 0.1) is 10.6 Å². The van der Waals surface area contributed by atoms with Gasteiger partial charge in [0.1, 0.15) is 12.4 Å². The van der Waals surface area contributed by atoms with Crippen molar-refractivity contribution in [1.29, 1.82) is 0 Å². The van der Waals surface area contributed by atoms with Crippen molar-refractivity contribution in [2.75, 3.05) is 11.3 Å². The SMILES string of the molecule is Cc1ccc(S(=O)(=O)Nc2ccccc2OCC#Cc2cccc(Cl)c2)cc1. The van der Waals surface area contributed by atoms with E-state index in [4.69, 9.17) is 16.3 Å². The van der Waals surface area contributed by atoms with E-state index in [9.17, 15) is 8.42 Å². The quantitative estimate of drug-likeness (QED) is 0.609. The van der Waals surface area contributed by atoms with Crippen LogP contribution in [0.2, 0.25) is 5.02 Å². The van der Waals surface area contributed by atoms with Crippen LogP contribution in [-0.2, 0) is 10.0 Å². The highest BCUT2D eigenvalue weighted by Crippen LogP contribution is 2.26. The first kappa shape index (κ1) is 19.8. The van der Waals surface area contributed by atoms with Gasteiger partial charge in [-0.15, -0.1) is 0 Å². The molecular weight excluding hydrogens is 394 g/mol. The van der Waals surface area contributed by atoms with Gasteiger partial charge in [-0.25, -0.2) is 8.42 Å². The maximum atomic E-state index is 12.6. The Morgan fingerprint density at radius 1 is 1.00 bits per heavy atom. The van der Waals surface area contributed by atoms with E-state index in [1.165, 1.54) is 0 Å². The molecule has 0 fully saturated rings. The van der Waals surface area contributed by atoms with E-state index in [0.29, 0.717) is 16.5 Å². The van der Waals surface area contributed by atoms with Gasteiger partial charge >= 0.3 is 0 Å². The Kier molecular flexibility index (Phi) is 6.25. The highest BCUT2D eigenvalue weighted by Gasteiger charge is 2.16. The predicted molar refractivity (Wildman–Crippen MR) is 112 cm³/mol. The maximum absolute atomic E-state index is 12.6. The summed E-state index contributed by atoms with van der Waals surface area (Å²) in [5.74, 6) is 6.26. The first-order valence-electron chi connectivity index (χ1n) is 8.50. The minimum atomic E-state index is -3.71. The lowest BCUT2D eigenvalue weighted by molar-refractivity contribution is 0.372. The highest BCUT2D eigenvalue weighted by molar-refractivity contribution is 7.92. The molecule has 0 saturated heterocycles. The summed E-state index contributed by atoms with van der Waals surface area (Å²) in [5, 5.41) is 0.614. The zero-order valence-corrected chi connectivity index (χ0v) is 16.7. The zero-order valence-electron chi connectivity index (χ0n) is 15.1. The van der Waals surface area contributed by atoms with Crippen molar-refractivity contribution in [3.63, 3.8) is 0 Å². The number of anilines is 1. The molecule has 0 unspecified atom stereocenters. The summed E-state index contributed by atoms with van der Waals surface area (Å²) >= 11 is 5.93. The smallest absolute Gasteiger partial charge is 0.262 e. The number of aryl methyl sites for hydroxylation is 1. The molecule has 3 aromatic carbocycles. The minimum Gasteiger partial charge on any atom is -0.479 e. The van der Waals surface area contributed by atoms with E-state index in [2.05, 4.69) is 16.6 Å². The Morgan fingerprint density at radius 2 is 1.75 bits per heavy atom. The lowest BCUT2D eigenvalue weighted by Gasteiger charge is -2.12. The van der Waals surface area contributed by atoms with Gasteiger partial charge < -0.3 is 4.74 Å². The van der Waals surface area contributed by atoms with Gasteiger partial charge in [-0.1, -0.05) is 59.3 Å². The van der Waals surface area contributed by atoms with Gasteiger partial charge in [0.2, 0.25) is 0 Å². The van der Waals surface area contributed by atoms with Crippen molar-refractivity contribution in [2.45, 2.75) is 11.8 Å². The highest BCUT2D eigenvalue weighted by atomic mass is 35.5. The number of sulfonamides is 1. The van der Waals surface area contributed by atoms with Gasteiger partial charge in [0.25, 0.3) is 10.0 Å². The summed E-state index contributed by atoms with van der Waals surface area (Å²) < 4.78 is 33.4. The van der Waals surface area contributed by atoms with E-state index in [1.807, 2.05) is 19.1 Å². The van der Waals surface area contributed by atoms with Crippen molar-refractivity contribution < 1.29 is 13.2 Å². The molecule has 0 radical (unpaired) electrons. The van der Waals surface area contributed by atoms with Gasteiger partial charge in [0.15, 0.2) is 0 Å². The van der Waals surface area contributed by atoms with Crippen molar-refractivity contribution in [1.82, 2.24) is 0 Å². The van der Waals surface area contributed by atoms with Crippen molar-refractivity contribution in [2.24, 2.45) is 0 Å². The molecule has 0 aromatic heterocycles. The summed E-state index contributed by atoms with van der Waals surface area (Å²) in [4.78, 5) is 0.189. The lowest BCUT2D eigenvalue weighted by Crippen LogP contribution is -2.14. The predicted octanol–water partition coefficient (Wildman–Crippen LogP) is 4.88. The zero-order chi connectivity index (χ0) is 20.0. The van der Waals surface area contributed by atoms with Crippen LogP contribution in [0.25, 0.3) is 0 Å². The number of benzene rings is 3. The van der Waals surface area contributed by atoms with E-state index >= 15 is 0 Å². The van der Waals surface area contributed by atoms with Gasteiger partial charge in [-0.3, -0.25) is 4.72 Å². The first-order chi connectivity index (χ1) is 13.4. The van der Waals surface area contributed by atoms with Crippen molar-refractivity contribution in [3.8, 4) is 17.6 Å². The molecule has 6 heteroatoms. The number of hydrogen-bond acceptors (Lipinski definition) is 3. The molecule has 4 nitrogen and oxygen atoms in total. The summed E-state index contributed by atoms with van der Waals surface area (Å²) in [5.41, 5.74) is 2.12. The van der Waals surface area contributed by atoms with E-state index in [0.717, 1.165) is 11.1 Å². The molecule has 0 amide bonds. The van der Waals surface area contributed by atoms with Gasteiger partial charge in [-0.05, 0) is 49.4 Å². The third kappa shape index (κ3) is 5.29. The second-order valence-corrected chi connectivity index (χ2v) is 8.13. The topological polar surface area (TPSA) is 55.4 Å². The Morgan fingerprint density at radius 3 is 2.50 bits per heavy atom. The maximum Gasteiger partial charge on any atom is 0.262 e. The molecule has 0 heterocycles. The Hall–Kier alpha value is -2.94. The van der Waals surface area contributed by atoms with Crippen LogP contribution >= 0.6 is 11.6 Å². The van der Waals surface area contributed by atoms with Crippen LogP contribution in [0, 0.1) is 18.8 Å². The summed E-state index contributed by atoms with van der Waals surface area (Å²) in [7, 11) is -3.71. The second-order valence-electron chi connectivity index (χ2n) is 6.02. The number of halogens is 1. The van der Waals surface area contributed by atoms with Crippen molar-refractivity contribution >= 4 is 27.3 Å². The first-order valence-corrected chi connectivity index (χ1v) is 10.4. The molecule has 0 aliphatic heterocycles. The molecule has 0 atom stereocenters. The third-order valence-corrected chi connectivity index (χ3v) is 5.44. The van der Waals surface area contributed by atoms with Crippen LogP contribution < -0.4 is 9.46 Å². The fourth-order valence-corrected chi connectivity index (χ4v) is 3.68. The average Bonchev–Trinajstić information content (AvgIpc) is 2.66. The number of hydrogen-bond donors (Lipinski definition) is 1. The van der Waals surface area contributed by atoms with Crippen LogP contribution in [-0.4, -0.2) is 15.0 Å². The average molecular weight is 412 g/mol. The molecule has 0 aliphatic rings. The second kappa shape index (κ2) is 8.83. The number of rotatable bonds is 5. The number of ether oxygens (including phenoxy) is 1. The Bertz CT molecular complexity index is 1130. The largest absolute Gasteiger partial charge is 0.479 e. The van der Waals surface area contributed by atoms with Crippen LogP contribution in [0.3, 0.4) is 0 Å². The molecule has 3 rings (SSSR count). The van der Waals surface area contributed by atoms with E-state index in [1.54, 1.807) is 60.7 Å². The lowest BCUT2D eigenvalue weighted by atomic mass is 10.2. The molecule has 0 spiro atoms. The molecule has 0 aliphatic carbocycles. The molecule has 1 N–H and O–H groups in total. The summed E-state index contributed by atoms with van der Waals surface area (Å²) in [6.45, 7) is 2.01. The molecule has 0 bridgehead atoms. The van der Waals surface area contributed by atoms with Gasteiger partial charge in [-0.2, -0.15) is 0 Å². The molecule has 3 aromatic rings. The molecular formula is C22H18ClNO3S. The van der Waals surface area contributed by atoms with Crippen LogP contribution in [0.5, 0.6) is 5.75 Å². The van der Waals surface area contributed by atoms with Crippen LogP contribution in [0.1, 0.15) is 11.1 Å². The number of para-hydroxylation sites is 2. The Balaban J connectivity index is 1.72. The third-order valence-electron chi connectivity index (χ3n) is 3.82. The van der Waals surface area contributed by atoms with E-state index < -0.39 is 10.0 Å². The fourth-order valence-electron chi connectivity index (χ4n) is 2.42.